The molecule has 2 N–H and O–H groups in total. The molecule has 1 fully saturated rings. The number of aromatic nitrogens is 1. The number of nitrogens with zero attached hydrogens (tertiary/aromatic N) is 1. The van der Waals surface area contributed by atoms with Gasteiger partial charge < -0.3 is 15.2 Å². The molecule has 1 aliphatic rings. The lowest BCUT2D eigenvalue weighted by atomic mass is 9.71. The third-order valence-electron chi connectivity index (χ3n) is 8.28. The minimum absolute atomic E-state index is 0.00658. The molecule has 4 rings (SSSR count). The Kier molecular flexibility index (Phi) is 11.3. The SMILES string of the molecule is CC(C)(C)c1ccc(CCCCOCc2cccc(C=Cc3cccc(NC(=O)CC4(C(=O)O)CCCCC4)c3)n2)cc1. The number of nitrogens with one attached hydrogen (secondary N) is 1. The Hall–Kier alpha value is -3.77. The van der Waals surface area contributed by atoms with E-state index in [0.717, 1.165) is 55.5 Å². The maximum Gasteiger partial charge on any atom is 0.310 e. The number of hydrogen-bond donors (Lipinski definition) is 2. The minimum atomic E-state index is -0.945. The van der Waals surface area contributed by atoms with Gasteiger partial charge in [-0.3, -0.25) is 14.6 Å². The third kappa shape index (κ3) is 9.89. The highest BCUT2D eigenvalue weighted by molar-refractivity contribution is 5.94. The smallest absolute Gasteiger partial charge is 0.310 e. The first-order valence-corrected chi connectivity index (χ1v) is 15.6. The van der Waals surface area contributed by atoms with Crippen LogP contribution in [-0.4, -0.2) is 28.6 Å². The number of benzene rings is 2. The van der Waals surface area contributed by atoms with Crippen LogP contribution in [0.4, 0.5) is 5.69 Å². The summed E-state index contributed by atoms with van der Waals surface area (Å²) in [6.45, 7) is 7.89. The van der Waals surface area contributed by atoms with Gasteiger partial charge in [-0.1, -0.05) is 88.6 Å². The molecule has 1 aliphatic carbocycles. The predicted molar refractivity (Wildman–Crippen MR) is 174 cm³/mol. The lowest BCUT2D eigenvalue weighted by Gasteiger charge is -2.32. The highest BCUT2D eigenvalue weighted by Gasteiger charge is 2.41. The summed E-state index contributed by atoms with van der Waals surface area (Å²) in [6.07, 6.45) is 10.9. The van der Waals surface area contributed by atoms with E-state index in [2.05, 4.69) is 50.4 Å². The van der Waals surface area contributed by atoms with E-state index in [0.29, 0.717) is 31.7 Å². The highest BCUT2D eigenvalue weighted by Crippen LogP contribution is 2.40. The number of anilines is 1. The molecule has 0 atom stereocenters. The summed E-state index contributed by atoms with van der Waals surface area (Å²) >= 11 is 0. The number of aliphatic carboxylic acids is 1. The van der Waals surface area contributed by atoms with Gasteiger partial charge in [0.15, 0.2) is 0 Å². The molecule has 6 nitrogen and oxygen atoms in total. The van der Waals surface area contributed by atoms with Crippen molar-refractivity contribution in [1.82, 2.24) is 4.98 Å². The highest BCUT2D eigenvalue weighted by atomic mass is 16.5. The Bertz CT molecular complexity index is 1380. The van der Waals surface area contributed by atoms with Gasteiger partial charge >= 0.3 is 5.97 Å². The molecule has 2 aromatic carbocycles. The van der Waals surface area contributed by atoms with Crippen LogP contribution in [0.2, 0.25) is 0 Å². The van der Waals surface area contributed by atoms with Crippen molar-refractivity contribution in [2.24, 2.45) is 5.41 Å². The fourth-order valence-corrected chi connectivity index (χ4v) is 5.66. The van der Waals surface area contributed by atoms with Crippen molar-refractivity contribution in [2.45, 2.75) is 90.6 Å². The second kappa shape index (κ2) is 15.1. The minimum Gasteiger partial charge on any atom is -0.481 e. The first kappa shape index (κ1) is 32.2. The maximum absolute atomic E-state index is 12.8. The number of carboxylic acids is 1. The van der Waals surface area contributed by atoms with Crippen LogP contribution in [0, 0.1) is 5.41 Å². The van der Waals surface area contributed by atoms with Gasteiger partial charge in [-0.25, -0.2) is 0 Å². The van der Waals surface area contributed by atoms with Crippen LogP contribution in [0.5, 0.6) is 0 Å². The summed E-state index contributed by atoms with van der Waals surface area (Å²) in [5.41, 5.74) is 5.25. The second-order valence-corrected chi connectivity index (χ2v) is 12.8. The molecule has 1 aromatic heterocycles. The summed E-state index contributed by atoms with van der Waals surface area (Å²) < 4.78 is 5.90. The summed E-state index contributed by atoms with van der Waals surface area (Å²) in [5, 5.41) is 12.7. The average molecular weight is 583 g/mol. The first-order valence-electron chi connectivity index (χ1n) is 15.6. The summed E-state index contributed by atoms with van der Waals surface area (Å²) in [6, 6.07) is 22.4. The van der Waals surface area contributed by atoms with E-state index in [1.54, 1.807) is 0 Å². The van der Waals surface area contributed by atoms with E-state index in [-0.39, 0.29) is 17.7 Å². The Labute approximate surface area is 256 Å². The lowest BCUT2D eigenvalue weighted by molar-refractivity contribution is -0.153. The second-order valence-electron chi connectivity index (χ2n) is 12.8. The molecule has 0 spiro atoms. The first-order chi connectivity index (χ1) is 20.6. The van der Waals surface area contributed by atoms with Crippen molar-refractivity contribution < 1.29 is 19.4 Å². The zero-order valence-electron chi connectivity index (χ0n) is 25.9. The van der Waals surface area contributed by atoms with Crippen molar-refractivity contribution in [3.05, 3.63) is 94.8 Å². The number of carboxylic acid groups (broad SMARTS) is 1. The quantitative estimate of drug-likeness (QED) is 0.197. The molecule has 1 amide bonds. The molecule has 1 heterocycles. The zero-order chi connectivity index (χ0) is 30.7. The molecule has 0 bridgehead atoms. The zero-order valence-corrected chi connectivity index (χ0v) is 25.9. The number of unbranched alkanes of at least 4 members (excludes halogenated alkanes) is 1. The molecule has 3 aromatic rings. The predicted octanol–water partition coefficient (Wildman–Crippen LogP) is 8.45. The molecular weight excluding hydrogens is 536 g/mol. The topological polar surface area (TPSA) is 88.5 Å². The molecule has 43 heavy (non-hydrogen) atoms. The van der Waals surface area contributed by atoms with Crippen LogP contribution in [0.15, 0.2) is 66.7 Å². The van der Waals surface area contributed by atoms with Crippen LogP contribution < -0.4 is 5.32 Å². The Morgan fingerprint density at radius 3 is 2.42 bits per heavy atom. The molecule has 0 saturated heterocycles. The number of aryl methyl sites for hydroxylation is 1. The van der Waals surface area contributed by atoms with Gasteiger partial charge in [0.1, 0.15) is 0 Å². The fraction of sp³-hybridized carbons (Fsp3) is 0.432. The fourth-order valence-electron chi connectivity index (χ4n) is 5.66. The molecule has 1 saturated carbocycles. The standard InChI is InChI=1S/C37H46N2O4/c1-36(2,3)30-19-16-28(17-20-30)11-5-8-24-43-27-33-15-10-13-31(38-33)21-18-29-12-9-14-32(25-29)39-34(40)26-37(35(41)42)22-6-4-7-23-37/h9-10,12-21,25H,4-8,11,22-24,26-27H2,1-3H3,(H,39,40)(H,41,42). The van der Waals surface area contributed by atoms with Gasteiger partial charge in [-0.15, -0.1) is 0 Å². The van der Waals surface area contributed by atoms with Crippen molar-refractivity contribution in [1.29, 1.82) is 0 Å². The molecule has 228 valence electrons. The normalized spacial score (nSPS) is 15.0. The summed E-state index contributed by atoms with van der Waals surface area (Å²) in [7, 11) is 0. The Morgan fingerprint density at radius 1 is 0.953 bits per heavy atom. The number of carbonyl (C=O) groups excluding carboxylic acids is 1. The van der Waals surface area contributed by atoms with Crippen molar-refractivity contribution >= 4 is 29.7 Å². The molecular formula is C37H46N2O4. The Balaban J connectivity index is 1.21. The number of ether oxygens (including phenoxy) is 1. The van der Waals surface area contributed by atoms with Crippen LogP contribution in [-0.2, 0) is 32.8 Å². The molecule has 0 radical (unpaired) electrons. The van der Waals surface area contributed by atoms with E-state index in [1.807, 2.05) is 54.6 Å². The molecule has 0 unspecified atom stereocenters. The number of hydrogen-bond acceptors (Lipinski definition) is 4. The number of carbonyl (C=O) groups is 2. The average Bonchev–Trinajstić information content (AvgIpc) is 2.98. The van der Waals surface area contributed by atoms with E-state index in [9.17, 15) is 14.7 Å². The third-order valence-corrected chi connectivity index (χ3v) is 8.28. The summed E-state index contributed by atoms with van der Waals surface area (Å²) in [4.78, 5) is 29.4. The van der Waals surface area contributed by atoms with Gasteiger partial charge in [0.25, 0.3) is 0 Å². The number of amides is 1. The van der Waals surface area contributed by atoms with E-state index >= 15 is 0 Å². The van der Waals surface area contributed by atoms with E-state index in [4.69, 9.17) is 9.72 Å². The van der Waals surface area contributed by atoms with Gasteiger partial charge in [0.2, 0.25) is 5.91 Å². The summed E-state index contributed by atoms with van der Waals surface area (Å²) in [5.74, 6) is -1.12. The largest absolute Gasteiger partial charge is 0.481 e. The maximum atomic E-state index is 12.8. The van der Waals surface area contributed by atoms with Gasteiger partial charge in [-0.2, -0.15) is 0 Å². The number of pyridine rings is 1. The van der Waals surface area contributed by atoms with Gasteiger partial charge in [0, 0.05) is 18.7 Å². The van der Waals surface area contributed by atoms with Crippen molar-refractivity contribution in [3.8, 4) is 0 Å². The van der Waals surface area contributed by atoms with Crippen LogP contribution in [0.25, 0.3) is 12.2 Å². The Morgan fingerprint density at radius 2 is 1.70 bits per heavy atom. The van der Waals surface area contributed by atoms with Gasteiger partial charge in [0.05, 0.1) is 23.4 Å². The number of rotatable bonds is 13. The van der Waals surface area contributed by atoms with Gasteiger partial charge in [-0.05, 0) is 84.6 Å². The van der Waals surface area contributed by atoms with E-state index < -0.39 is 11.4 Å². The monoisotopic (exact) mass is 582 g/mol. The van der Waals surface area contributed by atoms with Crippen LogP contribution in [0.1, 0.15) is 100 Å². The van der Waals surface area contributed by atoms with E-state index in [1.165, 1.54) is 11.1 Å². The van der Waals surface area contributed by atoms with Crippen LogP contribution >= 0.6 is 0 Å². The molecule has 0 aliphatic heterocycles. The van der Waals surface area contributed by atoms with Crippen LogP contribution in [0.3, 0.4) is 0 Å². The van der Waals surface area contributed by atoms with Crippen molar-refractivity contribution in [3.63, 3.8) is 0 Å². The molecule has 6 heteroatoms. The van der Waals surface area contributed by atoms with Crippen molar-refractivity contribution in [2.75, 3.05) is 11.9 Å². The lowest BCUT2D eigenvalue weighted by Crippen LogP contribution is -2.37.